The van der Waals surface area contributed by atoms with Gasteiger partial charge in [-0.05, 0) is 53.6 Å². The highest BCUT2D eigenvalue weighted by atomic mass is 32.2. The van der Waals surface area contributed by atoms with Crippen molar-refractivity contribution in [2.24, 2.45) is 0 Å². The number of carboxylic acids is 1. The fraction of sp³-hybridized carbons (Fsp3) is 0.462. The molecule has 7 nitrogen and oxygen atoms in total. The average molecular weight is 305 g/mol. The van der Waals surface area contributed by atoms with E-state index in [1.54, 1.807) is 23.9 Å². The second-order valence-corrected chi connectivity index (χ2v) is 6.02. The van der Waals surface area contributed by atoms with E-state index >= 15 is 0 Å². The van der Waals surface area contributed by atoms with Crippen LogP contribution in [-0.2, 0) is 0 Å². The number of carboxylic acid groups (broad SMARTS) is 1. The SMILES string of the molecule is Cc1ccnc(Sc2nnnn2C2CCCC2)c1C(=O)O. The number of aromatic carboxylic acids is 1. The van der Waals surface area contributed by atoms with E-state index in [0.29, 0.717) is 21.8 Å². The first kappa shape index (κ1) is 14.0. The summed E-state index contributed by atoms with van der Waals surface area (Å²) < 4.78 is 1.80. The number of nitrogens with zero attached hydrogens (tertiary/aromatic N) is 5. The second kappa shape index (κ2) is 5.80. The van der Waals surface area contributed by atoms with E-state index in [0.717, 1.165) is 12.8 Å². The topological polar surface area (TPSA) is 93.8 Å². The minimum Gasteiger partial charge on any atom is -0.478 e. The fourth-order valence-electron chi connectivity index (χ4n) is 2.59. The Kier molecular flexibility index (Phi) is 3.87. The first-order valence-corrected chi connectivity index (χ1v) is 7.63. The number of carbonyl (C=O) groups is 1. The van der Waals surface area contributed by atoms with Crippen molar-refractivity contribution in [1.82, 2.24) is 25.2 Å². The van der Waals surface area contributed by atoms with Crippen LogP contribution in [0.2, 0.25) is 0 Å². The van der Waals surface area contributed by atoms with Gasteiger partial charge in [0.05, 0.1) is 11.6 Å². The molecule has 8 heteroatoms. The fourth-order valence-corrected chi connectivity index (χ4v) is 3.58. The summed E-state index contributed by atoms with van der Waals surface area (Å²) in [5.74, 6) is -0.983. The summed E-state index contributed by atoms with van der Waals surface area (Å²) in [6.45, 7) is 1.76. The quantitative estimate of drug-likeness (QED) is 0.926. The number of hydrogen-bond acceptors (Lipinski definition) is 6. The number of rotatable bonds is 4. The van der Waals surface area contributed by atoms with E-state index in [1.165, 1.54) is 24.6 Å². The van der Waals surface area contributed by atoms with Gasteiger partial charge in [-0.1, -0.05) is 12.8 Å². The molecular weight excluding hydrogens is 290 g/mol. The standard InChI is InChI=1S/C13H15N5O2S/c1-8-6-7-14-11(10(8)12(19)20)21-13-15-16-17-18(13)9-4-2-3-5-9/h6-7,9H,2-5H2,1H3,(H,19,20). The van der Waals surface area contributed by atoms with Crippen molar-refractivity contribution >= 4 is 17.7 Å². The molecule has 1 aliphatic rings. The van der Waals surface area contributed by atoms with Gasteiger partial charge in [0, 0.05) is 6.20 Å². The van der Waals surface area contributed by atoms with Crippen molar-refractivity contribution in [2.45, 2.75) is 48.8 Å². The monoisotopic (exact) mass is 305 g/mol. The van der Waals surface area contributed by atoms with E-state index in [-0.39, 0.29) is 5.56 Å². The van der Waals surface area contributed by atoms with Gasteiger partial charge in [-0.2, -0.15) is 0 Å². The number of pyridine rings is 1. The predicted molar refractivity (Wildman–Crippen MR) is 75.4 cm³/mol. The molecule has 0 radical (unpaired) electrons. The van der Waals surface area contributed by atoms with Crippen molar-refractivity contribution in [3.05, 3.63) is 23.4 Å². The van der Waals surface area contributed by atoms with Crippen molar-refractivity contribution in [3.63, 3.8) is 0 Å². The molecule has 0 aliphatic heterocycles. The van der Waals surface area contributed by atoms with Gasteiger partial charge in [-0.15, -0.1) is 5.10 Å². The van der Waals surface area contributed by atoms with Crippen LogP contribution >= 0.6 is 11.8 Å². The zero-order valence-electron chi connectivity index (χ0n) is 11.6. The van der Waals surface area contributed by atoms with Crippen LogP contribution in [0.1, 0.15) is 47.6 Å². The maximum absolute atomic E-state index is 11.4. The molecule has 2 aromatic rings. The first-order chi connectivity index (χ1) is 10.2. The molecule has 0 atom stereocenters. The maximum Gasteiger partial charge on any atom is 0.338 e. The van der Waals surface area contributed by atoms with Gasteiger partial charge in [-0.3, -0.25) is 0 Å². The van der Waals surface area contributed by atoms with Gasteiger partial charge in [0.2, 0.25) is 5.16 Å². The molecule has 3 rings (SSSR count). The number of hydrogen-bond donors (Lipinski definition) is 1. The van der Waals surface area contributed by atoms with Gasteiger partial charge in [0.1, 0.15) is 5.03 Å². The molecule has 1 aliphatic carbocycles. The van der Waals surface area contributed by atoms with Crippen LogP contribution in [0.15, 0.2) is 22.4 Å². The molecule has 2 heterocycles. The summed E-state index contributed by atoms with van der Waals surface area (Å²) in [7, 11) is 0. The molecule has 0 saturated heterocycles. The van der Waals surface area contributed by atoms with E-state index in [2.05, 4.69) is 20.5 Å². The molecule has 1 fully saturated rings. The lowest BCUT2D eigenvalue weighted by Gasteiger charge is -2.11. The lowest BCUT2D eigenvalue weighted by atomic mass is 10.2. The van der Waals surface area contributed by atoms with Crippen LogP contribution in [0.4, 0.5) is 0 Å². The lowest BCUT2D eigenvalue weighted by molar-refractivity contribution is 0.0691. The average Bonchev–Trinajstić information content (AvgIpc) is 3.08. The minimum atomic E-state index is -0.983. The Hall–Kier alpha value is -1.96. The third-order valence-electron chi connectivity index (χ3n) is 3.66. The Morgan fingerprint density at radius 3 is 2.90 bits per heavy atom. The third-order valence-corrected chi connectivity index (χ3v) is 4.61. The Labute approximate surface area is 125 Å². The van der Waals surface area contributed by atoms with Crippen LogP contribution < -0.4 is 0 Å². The third kappa shape index (κ3) is 2.76. The number of tetrazole rings is 1. The van der Waals surface area contributed by atoms with Crippen LogP contribution in [0.5, 0.6) is 0 Å². The largest absolute Gasteiger partial charge is 0.478 e. The number of aromatic nitrogens is 5. The van der Waals surface area contributed by atoms with Gasteiger partial charge in [0.25, 0.3) is 0 Å². The second-order valence-electron chi connectivity index (χ2n) is 5.06. The van der Waals surface area contributed by atoms with Crippen LogP contribution in [-0.4, -0.2) is 36.3 Å². The molecule has 21 heavy (non-hydrogen) atoms. The Morgan fingerprint density at radius 1 is 1.43 bits per heavy atom. The summed E-state index contributed by atoms with van der Waals surface area (Å²) in [5.41, 5.74) is 0.892. The molecular formula is C13H15N5O2S. The molecule has 2 aromatic heterocycles. The summed E-state index contributed by atoms with van der Waals surface area (Å²) in [5, 5.41) is 22.2. The summed E-state index contributed by atoms with van der Waals surface area (Å²) in [6, 6.07) is 1.99. The van der Waals surface area contributed by atoms with Crippen molar-refractivity contribution in [1.29, 1.82) is 0 Å². The predicted octanol–water partition coefficient (Wildman–Crippen LogP) is 2.34. The van der Waals surface area contributed by atoms with Crippen LogP contribution in [0.25, 0.3) is 0 Å². The summed E-state index contributed by atoms with van der Waals surface area (Å²) in [6.07, 6.45) is 6.08. The van der Waals surface area contributed by atoms with Crippen molar-refractivity contribution in [2.75, 3.05) is 0 Å². The van der Waals surface area contributed by atoms with E-state index in [1.807, 2.05) is 0 Å². The summed E-state index contributed by atoms with van der Waals surface area (Å²) in [4.78, 5) is 15.6. The Balaban J connectivity index is 1.93. The van der Waals surface area contributed by atoms with Crippen LogP contribution in [0.3, 0.4) is 0 Å². The highest BCUT2D eigenvalue weighted by Gasteiger charge is 2.24. The number of aryl methyl sites for hydroxylation is 1. The zero-order chi connectivity index (χ0) is 14.8. The zero-order valence-corrected chi connectivity index (χ0v) is 12.4. The molecule has 110 valence electrons. The molecule has 0 unspecified atom stereocenters. The highest BCUT2D eigenvalue weighted by molar-refractivity contribution is 7.99. The molecule has 0 bridgehead atoms. The lowest BCUT2D eigenvalue weighted by Crippen LogP contribution is -2.09. The van der Waals surface area contributed by atoms with Crippen molar-refractivity contribution in [3.8, 4) is 0 Å². The highest BCUT2D eigenvalue weighted by Crippen LogP contribution is 2.34. The molecule has 0 spiro atoms. The normalized spacial score (nSPS) is 15.5. The smallest absolute Gasteiger partial charge is 0.338 e. The van der Waals surface area contributed by atoms with Gasteiger partial charge < -0.3 is 5.11 Å². The van der Waals surface area contributed by atoms with Crippen molar-refractivity contribution < 1.29 is 9.90 Å². The van der Waals surface area contributed by atoms with E-state index in [9.17, 15) is 9.90 Å². The molecule has 1 N–H and O–H groups in total. The van der Waals surface area contributed by atoms with Crippen LogP contribution in [0, 0.1) is 6.92 Å². The maximum atomic E-state index is 11.4. The Morgan fingerprint density at radius 2 is 2.19 bits per heavy atom. The van der Waals surface area contributed by atoms with E-state index < -0.39 is 5.97 Å². The van der Waals surface area contributed by atoms with Gasteiger partial charge >= 0.3 is 5.97 Å². The molecule has 0 aromatic carbocycles. The first-order valence-electron chi connectivity index (χ1n) is 6.81. The van der Waals surface area contributed by atoms with Gasteiger partial charge in [0.15, 0.2) is 0 Å². The molecule has 0 amide bonds. The molecule has 1 saturated carbocycles. The summed E-state index contributed by atoms with van der Waals surface area (Å²) >= 11 is 1.21. The minimum absolute atomic E-state index is 0.212. The Bertz CT molecular complexity index is 666. The van der Waals surface area contributed by atoms with Gasteiger partial charge in [-0.25, -0.2) is 14.5 Å². The van der Waals surface area contributed by atoms with E-state index in [4.69, 9.17) is 0 Å².